The van der Waals surface area contributed by atoms with E-state index in [-0.39, 0.29) is 28.8 Å². The van der Waals surface area contributed by atoms with Crippen molar-refractivity contribution in [2.45, 2.75) is 19.4 Å². The van der Waals surface area contributed by atoms with Crippen LogP contribution in [0.25, 0.3) is 0 Å². The van der Waals surface area contributed by atoms with Crippen LogP contribution < -0.4 is 20.1 Å². The first kappa shape index (κ1) is 23.2. The quantitative estimate of drug-likeness (QED) is 0.375. The maximum atomic E-state index is 12.7. The van der Waals surface area contributed by atoms with Gasteiger partial charge in [0.1, 0.15) is 13.2 Å². The number of nitro groups is 1. The molecule has 0 saturated heterocycles. The first-order valence-electron chi connectivity index (χ1n) is 10.7. The molecule has 0 aliphatic carbocycles. The van der Waals surface area contributed by atoms with Crippen LogP contribution in [0.3, 0.4) is 0 Å². The van der Waals surface area contributed by atoms with E-state index in [4.69, 9.17) is 9.47 Å². The van der Waals surface area contributed by atoms with Gasteiger partial charge in [-0.2, -0.15) is 0 Å². The summed E-state index contributed by atoms with van der Waals surface area (Å²) in [5.41, 5.74) is 2.65. The van der Waals surface area contributed by atoms with Crippen molar-refractivity contribution in [3.8, 4) is 11.5 Å². The predicted molar refractivity (Wildman–Crippen MR) is 127 cm³/mol. The number of rotatable bonds is 8. The molecule has 2 aromatic carbocycles. The average molecular weight is 482 g/mol. The molecule has 2 N–H and O–H groups in total. The third-order valence-electron chi connectivity index (χ3n) is 5.26. The lowest BCUT2D eigenvalue weighted by Gasteiger charge is -2.20. The second-order valence-electron chi connectivity index (χ2n) is 7.79. The second kappa shape index (κ2) is 10.3. The fourth-order valence-corrected chi connectivity index (χ4v) is 4.21. The SMILES string of the molecule is Cc1ccc(C(CNC(=O)Cc2ccc3c(c2)OCCO3)NC(=O)c2ccc([N+](=O)[O-])s2)cc1. The third kappa shape index (κ3) is 5.70. The summed E-state index contributed by atoms with van der Waals surface area (Å²) >= 11 is 0.806. The smallest absolute Gasteiger partial charge is 0.324 e. The summed E-state index contributed by atoms with van der Waals surface area (Å²) in [6.07, 6.45) is 0.141. The molecule has 1 atom stereocenters. The number of nitrogens with one attached hydrogen (secondary N) is 2. The van der Waals surface area contributed by atoms with Crippen molar-refractivity contribution in [1.82, 2.24) is 10.6 Å². The molecule has 3 aromatic rings. The van der Waals surface area contributed by atoms with Crippen LogP contribution in [0.5, 0.6) is 11.5 Å². The van der Waals surface area contributed by atoms with E-state index >= 15 is 0 Å². The van der Waals surface area contributed by atoms with Crippen molar-refractivity contribution in [2.75, 3.05) is 19.8 Å². The average Bonchev–Trinajstić information content (AvgIpc) is 3.33. The molecule has 9 nitrogen and oxygen atoms in total. The molecule has 0 fully saturated rings. The number of benzene rings is 2. The highest BCUT2D eigenvalue weighted by atomic mass is 32.1. The highest BCUT2D eigenvalue weighted by molar-refractivity contribution is 7.17. The van der Waals surface area contributed by atoms with Gasteiger partial charge in [-0.15, -0.1) is 0 Å². The van der Waals surface area contributed by atoms with Gasteiger partial charge in [0.15, 0.2) is 11.5 Å². The van der Waals surface area contributed by atoms with Gasteiger partial charge < -0.3 is 20.1 Å². The maximum Gasteiger partial charge on any atom is 0.324 e. The van der Waals surface area contributed by atoms with E-state index in [2.05, 4.69) is 10.6 Å². The van der Waals surface area contributed by atoms with Gasteiger partial charge in [-0.25, -0.2) is 0 Å². The van der Waals surface area contributed by atoms with E-state index < -0.39 is 16.9 Å². The molecule has 1 aliphatic heterocycles. The molecule has 2 amide bonds. The van der Waals surface area contributed by atoms with Crippen molar-refractivity contribution in [3.05, 3.63) is 86.3 Å². The number of aryl methyl sites for hydroxylation is 1. The van der Waals surface area contributed by atoms with Gasteiger partial charge in [-0.3, -0.25) is 19.7 Å². The van der Waals surface area contributed by atoms with Crippen LogP contribution in [0.2, 0.25) is 0 Å². The van der Waals surface area contributed by atoms with Crippen LogP contribution >= 0.6 is 11.3 Å². The number of ether oxygens (including phenoxy) is 2. The van der Waals surface area contributed by atoms with Crippen molar-refractivity contribution < 1.29 is 24.0 Å². The van der Waals surface area contributed by atoms with E-state index in [1.165, 1.54) is 12.1 Å². The van der Waals surface area contributed by atoms with E-state index in [0.29, 0.717) is 24.7 Å². The molecule has 0 saturated carbocycles. The molecule has 10 heteroatoms. The largest absolute Gasteiger partial charge is 0.486 e. The normalized spacial score (nSPS) is 13.1. The molecule has 1 aliphatic rings. The minimum absolute atomic E-state index is 0.107. The number of nitrogens with zero attached hydrogens (tertiary/aromatic N) is 1. The zero-order valence-corrected chi connectivity index (χ0v) is 19.2. The van der Waals surface area contributed by atoms with Gasteiger partial charge in [0.05, 0.1) is 22.3 Å². The van der Waals surface area contributed by atoms with Gasteiger partial charge in [-0.1, -0.05) is 47.2 Å². The Morgan fingerprint density at radius 2 is 1.79 bits per heavy atom. The molecule has 0 radical (unpaired) electrons. The molecule has 4 rings (SSSR count). The minimum Gasteiger partial charge on any atom is -0.486 e. The number of thiophene rings is 1. The van der Waals surface area contributed by atoms with E-state index in [1.54, 1.807) is 12.1 Å². The van der Waals surface area contributed by atoms with Crippen LogP contribution in [0, 0.1) is 17.0 Å². The Kier molecular flexibility index (Phi) is 7.07. The van der Waals surface area contributed by atoms with Gasteiger partial charge in [0.2, 0.25) is 5.91 Å². The second-order valence-corrected chi connectivity index (χ2v) is 8.85. The fourth-order valence-electron chi connectivity index (χ4n) is 3.49. The Morgan fingerprint density at radius 1 is 1.06 bits per heavy atom. The molecular formula is C24H23N3O6S. The van der Waals surface area contributed by atoms with E-state index in [9.17, 15) is 19.7 Å². The van der Waals surface area contributed by atoms with Crippen LogP contribution in [0.15, 0.2) is 54.6 Å². The number of hydrogen-bond acceptors (Lipinski definition) is 7. The summed E-state index contributed by atoms with van der Waals surface area (Å²) in [4.78, 5) is 36.0. The number of hydrogen-bond donors (Lipinski definition) is 2. The zero-order valence-electron chi connectivity index (χ0n) is 18.4. The fraction of sp³-hybridized carbons (Fsp3) is 0.250. The van der Waals surface area contributed by atoms with Crippen molar-refractivity contribution in [1.29, 1.82) is 0 Å². The minimum atomic E-state index is -0.531. The van der Waals surface area contributed by atoms with E-state index in [1.807, 2.05) is 37.3 Å². The van der Waals surface area contributed by atoms with Crippen molar-refractivity contribution in [3.63, 3.8) is 0 Å². The lowest BCUT2D eigenvalue weighted by molar-refractivity contribution is -0.380. The van der Waals surface area contributed by atoms with Crippen LogP contribution in [-0.2, 0) is 11.2 Å². The monoisotopic (exact) mass is 481 g/mol. The Hall–Kier alpha value is -3.92. The Balaban J connectivity index is 1.42. The molecule has 0 bridgehead atoms. The van der Waals surface area contributed by atoms with Crippen LogP contribution in [0.4, 0.5) is 5.00 Å². The predicted octanol–water partition coefficient (Wildman–Crippen LogP) is 3.57. The molecule has 176 valence electrons. The Labute approximate surface area is 199 Å². The molecule has 1 aromatic heterocycles. The molecule has 2 heterocycles. The van der Waals surface area contributed by atoms with Crippen molar-refractivity contribution >= 4 is 28.2 Å². The van der Waals surface area contributed by atoms with Gasteiger partial charge in [0, 0.05) is 12.6 Å². The number of carbonyl (C=O) groups excluding carboxylic acids is 2. The third-order valence-corrected chi connectivity index (χ3v) is 6.29. The lowest BCUT2D eigenvalue weighted by atomic mass is 10.0. The summed E-state index contributed by atoms with van der Waals surface area (Å²) in [6.45, 7) is 3.08. The Morgan fingerprint density at radius 3 is 2.50 bits per heavy atom. The van der Waals surface area contributed by atoms with Crippen LogP contribution in [-0.4, -0.2) is 36.5 Å². The Bertz CT molecular complexity index is 1210. The molecule has 0 spiro atoms. The maximum absolute atomic E-state index is 12.7. The number of fused-ring (bicyclic) bond motifs is 1. The summed E-state index contributed by atoms with van der Waals surface area (Å²) in [7, 11) is 0. The van der Waals surface area contributed by atoms with Crippen LogP contribution in [0.1, 0.15) is 32.4 Å². The van der Waals surface area contributed by atoms with E-state index in [0.717, 1.165) is 28.0 Å². The topological polar surface area (TPSA) is 120 Å². The van der Waals surface area contributed by atoms with Gasteiger partial charge in [-0.05, 0) is 36.2 Å². The summed E-state index contributed by atoms with van der Waals surface area (Å²) < 4.78 is 11.1. The summed E-state index contributed by atoms with van der Waals surface area (Å²) in [5.74, 6) is 0.623. The standard InChI is InChI=1S/C24H23N3O6S/c1-15-2-5-17(6-3-15)18(26-24(29)21-8-9-23(34-21)27(30)31)14-25-22(28)13-16-4-7-19-20(12-16)33-11-10-32-19/h2-9,12,18H,10-11,13-14H2,1H3,(H,25,28)(H,26,29). The molecule has 34 heavy (non-hydrogen) atoms. The molecular weight excluding hydrogens is 458 g/mol. The van der Waals surface area contributed by atoms with Crippen molar-refractivity contribution in [2.24, 2.45) is 0 Å². The lowest BCUT2D eigenvalue weighted by Crippen LogP contribution is -2.38. The summed E-state index contributed by atoms with van der Waals surface area (Å²) in [5, 5.41) is 16.6. The molecule has 1 unspecified atom stereocenters. The highest BCUT2D eigenvalue weighted by Gasteiger charge is 2.21. The number of amides is 2. The zero-order chi connectivity index (χ0) is 24.1. The number of carbonyl (C=O) groups is 2. The van der Waals surface area contributed by atoms with Gasteiger partial charge in [0.25, 0.3) is 5.91 Å². The highest BCUT2D eigenvalue weighted by Crippen LogP contribution is 2.31. The van der Waals surface area contributed by atoms with Gasteiger partial charge >= 0.3 is 5.00 Å². The summed E-state index contributed by atoms with van der Waals surface area (Å²) in [6, 6.07) is 15.2. The first-order chi connectivity index (χ1) is 16.4. The first-order valence-corrected chi connectivity index (χ1v) is 11.5.